The summed E-state index contributed by atoms with van der Waals surface area (Å²) in [5.74, 6) is -1.02. The summed E-state index contributed by atoms with van der Waals surface area (Å²) in [6, 6.07) is 13.9. The zero-order valence-corrected chi connectivity index (χ0v) is 10.6. The molecular weight excluding hydrogens is 262 g/mol. The lowest BCUT2D eigenvalue weighted by atomic mass is 10.2. The monoisotopic (exact) mass is 271 g/mol. The Labute approximate surface area is 112 Å². The van der Waals surface area contributed by atoms with Crippen molar-refractivity contribution >= 4 is 27.6 Å². The highest BCUT2D eigenvalue weighted by molar-refractivity contribution is 7.14. The Kier molecular flexibility index (Phi) is 2.68. The molecule has 0 bridgehead atoms. The van der Waals surface area contributed by atoms with E-state index in [0.29, 0.717) is 10.1 Å². The number of carboxylic acid groups (broad SMARTS) is 1. The lowest BCUT2D eigenvalue weighted by Crippen LogP contribution is -2.10. The molecule has 0 saturated heterocycles. The van der Waals surface area contributed by atoms with Crippen LogP contribution in [0.25, 0.3) is 15.8 Å². The van der Waals surface area contributed by atoms with E-state index in [1.165, 1.54) is 10.0 Å². The van der Waals surface area contributed by atoms with Gasteiger partial charge in [0, 0.05) is 0 Å². The Hall–Kier alpha value is -2.40. The fourth-order valence-corrected chi connectivity index (χ4v) is 3.05. The van der Waals surface area contributed by atoms with Crippen LogP contribution in [0.2, 0.25) is 0 Å². The van der Waals surface area contributed by atoms with Crippen molar-refractivity contribution in [2.24, 2.45) is 0 Å². The highest BCUT2D eigenvalue weighted by Gasteiger charge is 2.15. The first-order valence-electron chi connectivity index (χ1n) is 5.62. The van der Waals surface area contributed by atoms with Crippen LogP contribution in [-0.4, -0.2) is 15.0 Å². The molecule has 1 heterocycles. The van der Waals surface area contributed by atoms with Crippen LogP contribution >= 0.6 is 11.5 Å². The molecule has 0 unspecified atom stereocenters. The van der Waals surface area contributed by atoms with Crippen molar-refractivity contribution in [3.05, 3.63) is 64.4 Å². The second-order valence-corrected chi connectivity index (χ2v) is 4.97. The van der Waals surface area contributed by atoms with Crippen LogP contribution in [0.15, 0.2) is 53.3 Å². The molecule has 4 nitrogen and oxygen atoms in total. The Bertz CT molecular complexity index is 818. The molecule has 2 aromatic carbocycles. The molecule has 0 amide bonds. The molecule has 19 heavy (non-hydrogen) atoms. The average molecular weight is 271 g/mol. The van der Waals surface area contributed by atoms with E-state index >= 15 is 0 Å². The zero-order chi connectivity index (χ0) is 13.4. The van der Waals surface area contributed by atoms with E-state index in [4.69, 9.17) is 5.11 Å². The van der Waals surface area contributed by atoms with Gasteiger partial charge in [0.2, 0.25) is 0 Å². The number of fused-ring (bicyclic) bond motifs is 1. The number of para-hydroxylation sites is 1. The van der Waals surface area contributed by atoms with Crippen molar-refractivity contribution in [3.8, 4) is 5.69 Å². The molecule has 0 saturated carbocycles. The maximum atomic E-state index is 12.3. The van der Waals surface area contributed by atoms with Gasteiger partial charge in [-0.15, -0.1) is 0 Å². The summed E-state index contributed by atoms with van der Waals surface area (Å²) in [4.78, 5) is 23.5. The molecule has 0 fully saturated rings. The van der Waals surface area contributed by atoms with Crippen molar-refractivity contribution in [2.75, 3.05) is 0 Å². The minimum absolute atomic E-state index is 0.161. The van der Waals surface area contributed by atoms with E-state index in [-0.39, 0.29) is 11.1 Å². The van der Waals surface area contributed by atoms with E-state index in [9.17, 15) is 9.59 Å². The third-order valence-corrected chi connectivity index (χ3v) is 4.02. The average Bonchev–Trinajstić information content (AvgIpc) is 2.77. The number of aromatic carboxylic acids is 1. The Morgan fingerprint density at radius 2 is 1.79 bits per heavy atom. The largest absolute Gasteiger partial charge is 0.478 e. The maximum Gasteiger partial charge on any atom is 0.337 e. The van der Waals surface area contributed by atoms with Gasteiger partial charge in [0.15, 0.2) is 0 Å². The van der Waals surface area contributed by atoms with Crippen molar-refractivity contribution in [2.45, 2.75) is 0 Å². The first-order chi connectivity index (χ1) is 9.18. The van der Waals surface area contributed by atoms with Crippen molar-refractivity contribution in [3.63, 3.8) is 0 Å². The van der Waals surface area contributed by atoms with Crippen molar-refractivity contribution in [1.82, 2.24) is 3.96 Å². The highest BCUT2D eigenvalue weighted by atomic mass is 32.1. The van der Waals surface area contributed by atoms with Gasteiger partial charge < -0.3 is 5.11 Å². The van der Waals surface area contributed by atoms with E-state index < -0.39 is 5.97 Å². The first kappa shape index (κ1) is 11.7. The third-order valence-electron chi connectivity index (χ3n) is 2.83. The molecule has 3 rings (SSSR count). The van der Waals surface area contributed by atoms with Gasteiger partial charge in [0.05, 0.1) is 21.3 Å². The molecule has 0 radical (unpaired) electrons. The second kappa shape index (κ2) is 4.37. The number of carboxylic acids is 1. The maximum absolute atomic E-state index is 12.3. The van der Waals surface area contributed by atoms with Gasteiger partial charge in [-0.2, -0.15) is 0 Å². The minimum atomic E-state index is -1.02. The number of hydrogen-bond donors (Lipinski definition) is 1. The van der Waals surface area contributed by atoms with E-state index in [0.717, 1.165) is 17.2 Å². The van der Waals surface area contributed by atoms with Crippen LogP contribution in [0.4, 0.5) is 0 Å². The fraction of sp³-hybridized carbons (Fsp3) is 0. The smallest absolute Gasteiger partial charge is 0.337 e. The zero-order valence-electron chi connectivity index (χ0n) is 9.74. The fourth-order valence-electron chi connectivity index (χ4n) is 1.95. The molecule has 0 aliphatic carbocycles. The van der Waals surface area contributed by atoms with Gasteiger partial charge in [-0.1, -0.05) is 24.3 Å². The van der Waals surface area contributed by atoms with Crippen LogP contribution in [0.1, 0.15) is 10.4 Å². The standard InChI is InChI=1S/C14H9NO3S/c16-13-10-7-4-8-11(14(17)18)12(10)19-15(13)9-5-2-1-3-6-9/h1-8H,(H,17,18). The minimum Gasteiger partial charge on any atom is -0.478 e. The molecule has 0 spiro atoms. The summed E-state index contributed by atoms with van der Waals surface area (Å²) >= 11 is 1.16. The first-order valence-corrected chi connectivity index (χ1v) is 6.39. The molecule has 94 valence electrons. The molecule has 5 heteroatoms. The summed E-state index contributed by atoms with van der Waals surface area (Å²) in [6.07, 6.45) is 0. The molecular formula is C14H9NO3S. The Morgan fingerprint density at radius 1 is 1.05 bits per heavy atom. The Balaban J connectivity index is 2.36. The lowest BCUT2D eigenvalue weighted by Gasteiger charge is -1.97. The summed E-state index contributed by atoms with van der Waals surface area (Å²) in [5, 5.41) is 9.59. The number of rotatable bonds is 2. The normalized spacial score (nSPS) is 10.7. The number of benzene rings is 2. The summed E-state index contributed by atoms with van der Waals surface area (Å²) in [6.45, 7) is 0. The van der Waals surface area contributed by atoms with Crippen LogP contribution in [0.3, 0.4) is 0 Å². The molecule has 3 aromatic rings. The van der Waals surface area contributed by atoms with Gasteiger partial charge in [-0.05, 0) is 35.8 Å². The Morgan fingerprint density at radius 3 is 2.47 bits per heavy atom. The van der Waals surface area contributed by atoms with Crippen LogP contribution in [0, 0.1) is 0 Å². The highest BCUT2D eigenvalue weighted by Crippen LogP contribution is 2.23. The van der Waals surface area contributed by atoms with Gasteiger partial charge in [-0.25, -0.2) is 8.75 Å². The lowest BCUT2D eigenvalue weighted by molar-refractivity contribution is 0.0699. The van der Waals surface area contributed by atoms with Crippen LogP contribution in [-0.2, 0) is 0 Å². The van der Waals surface area contributed by atoms with Crippen molar-refractivity contribution < 1.29 is 9.90 Å². The number of nitrogens with zero attached hydrogens (tertiary/aromatic N) is 1. The van der Waals surface area contributed by atoms with Crippen LogP contribution < -0.4 is 5.56 Å². The number of hydrogen-bond acceptors (Lipinski definition) is 3. The van der Waals surface area contributed by atoms with Gasteiger partial charge >= 0.3 is 5.97 Å². The SMILES string of the molecule is O=C(O)c1cccc2c(=O)n(-c3ccccc3)sc12. The predicted molar refractivity (Wildman–Crippen MR) is 74.4 cm³/mol. The summed E-state index contributed by atoms with van der Waals surface area (Å²) in [7, 11) is 0. The quantitative estimate of drug-likeness (QED) is 0.779. The van der Waals surface area contributed by atoms with Crippen LogP contribution in [0.5, 0.6) is 0 Å². The number of carbonyl (C=O) groups is 1. The van der Waals surface area contributed by atoms with E-state index in [1.807, 2.05) is 30.3 Å². The topological polar surface area (TPSA) is 59.3 Å². The molecule has 1 N–H and O–H groups in total. The summed E-state index contributed by atoms with van der Waals surface area (Å²) in [5.41, 5.74) is 0.716. The van der Waals surface area contributed by atoms with E-state index in [2.05, 4.69) is 0 Å². The van der Waals surface area contributed by atoms with Gasteiger partial charge in [0.1, 0.15) is 0 Å². The van der Waals surface area contributed by atoms with E-state index in [1.54, 1.807) is 12.1 Å². The molecule has 0 aliphatic heterocycles. The second-order valence-electron chi connectivity index (χ2n) is 4.01. The van der Waals surface area contributed by atoms with Gasteiger partial charge in [-0.3, -0.25) is 4.79 Å². The third kappa shape index (κ3) is 1.84. The molecule has 0 atom stereocenters. The molecule has 0 aliphatic rings. The van der Waals surface area contributed by atoms with Gasteiger partial charge in [0.25, 0.3) is 5.56 Å². The predicted octanol–water partition coefficient (Wildman–Crippen LogP) is 2.75. The van der Waals surface area contributed by atoms with Crippen molar-refractivity contribution in [1.29, 1.82) is 0 Å². The number of aromatic nitrogens is 1. The summed E-state index contributed by atoms with van der Waals surface area (Å²) < 4.78 is 2.01. The molecule has 1 aromatic heterocycles.